The fourth-order valence-corrected chi connectivity index (χ4v) is 0.783. The topological polar surface area (TPSA) is 52.1 Å². The van der Waals surface area contributed by atoms with Gasteiger partial charge in [0.2, 0.25) is 0 Å². The van der Waals surface area contributed by atoms with E-state index in [1.54, 1.807) is 19.2 Å². The molecule has 1 heterocycles. The number of aromatic nitrogens is 2. The van der Waals surface area contributed by atoms with Gasteiger partial charge in [0.15, 0.2) is 0 Å². The van der Waals surface area contributed by atoms with Gasteiger partial charge in [-0.3, -0.25) is 4.79 Å². The fourth-order valence-electron chi connectivity index (χ4n) is 0.783. The van der Waals surface area contributed by atoms with Crippen molar-refractivity contribution in [2.24, 2.45) is 0 Å². The lowest BCUT2D eigenvalue weighted by molar-refractivity contribution is -0.142. The van der Waals surface area contributed by atoms with Crippen molar-refractivity contribution < 1.29 is 9.53 Å². The second-order valence-corrected chi connectivity index (χ2v) is 2.18. The molecule has 0 fully saturated rings. The van der Waals surface area contributed by atoms with Crippen LogP contribution < -0.4 is 0 Å². The van der Waals surface area contributed by atoms with Gasteiger partial charge in [0.1, 0.15) is 6.33 Å². The highest BCUT2D eigenvalue weighted by molar-refractivity contribution is 5.71. The summed E-state index contributed by atoms with van der Waals surface area (Å²) >= 11 is 0. The van der Waals surface area contributed by atoms with Crippen molar-refractivity contribution in [2.75, 3.05) is 6.61 Å². The third-order valence-electron chi connectivity index (χ3n) is 1.27. The van der Waals surface area contributed by atoms with Gasteiger partial charge in [0.05, 0.1) is 18.7 Å². The zero-order chi connectivity index (χ0) is 8.81. The molecular weight excluding hydrogens is 156 g/mol. The van der Waals surface area contributed by atoms with Crippen LogP contribution in [0.4, 0.5) is 0 Å². The second-order valence-electron chi connectivity index (χ2n) is 2.18. The number of nitrogens with zero attached hydrogens (tertiary/aromatic N) is 2. The summed E-state index contributed by atoms with van der Waals surface area (Å²) in [6.07, 6.45) is 3.23. The van der Waals surface area contributed by atoms with E-state index in [4.69, 9.17) is 4.74 Å². The first-order chi connectivity index (χ1) is 5.83. The molecule has 64 valence electrons. The lowest BCUT2D eigenvalue weighted by atomic mass is 10.3. The molecule has 0 aromatic carbocycles. The van der Waals surface area contributed by atoms with Crippen molar-refractivity contribution in [3.05, 3.63) is 24.3 Å². The largest absolute Gasteiger partial charge is 0.466 e. The van der Waals surface area contributed by atoms with Crippen LogP contribution >= 0.6 is 0 Å². The average Bonchev–Trinajstić information content (AvgIpc) is 2.06. The Morgan fingerprint density at radius 2 is 2.50 bits per heavy atom. The van der Waals surface area contributed by atoms with E-state index in [1.165, 1.54) is 6.33 Å². The minimum atomic E-state index is -0.254. The summed E-state index contributed by atoms with van der Waals surface area (Å²) in [6, 6.07) is 1.69. The smallest absolute Gasteiger partial charge is 0.311 e. The van der Waals surface area contributed by atoms with Gasteiger partial charge in [-0.25, -0.2) is 9.97 Å². The lowest BCUT2D eigenvalue weighted by Gasteiger charge is -1.99. The number of hydrogen-bond acceptors (Lipinski definition) is 4. The molecule has 4 nitrogen and oxygen atoms in total. The van der Waals surface area contributed by atoms with Crippen LogP contribution in [0.5, 0.6) is 0 Å². The summed E-state index contributed by atoms with van der Waals surface area (Å²) < 4.78 is 4.75. The third-order valence-corrected chi connectivity index (χ3v) is 1.27. The zero-order valence-corrected chi connectivity index (χ0v) is 6.86. The molecule has 1 rings (SSSR count). The van der Waals surface area contributed by atoms with Crippen molar-refractivity contribution in [1.82, 2.24) is 9.97 Å². The average molecular weight is 166 g/mol. The Morgan fingerprint density at radius 3 is 3.08 bits per heavy atom. The Kier molecular flexibility index (Phi) is 3.19. The summed E-state index contributed by atoms with van der Waals surface area (Å²) in [6.45, 7) is 2.18. The Hall–Kier alpha value is -1.45. The van der Waals surface area contributed by atoms with Crippen molar-refractivity contribution in [1.29, 1.82) is 0 Å². The van der Waals surface area contributed by atoms with Crippen LogP contribution in [0, 0.1) is 0 Å². The number of carbonyl (C=O) groups excluding carboxylic acids is 1. The fraction of sp³-hybridized carbons (Fsp3) is 0.375. The SMILES string of the molecule is CCOC(=O)Cc1ccncn1. The molecule has 0 aliphatic rings. The van der Waals surface area contributed by atoms with E-state index in [0.717, 1.165) is 0 Å². The van der Waals surface area contributed by atoms with E-state index in [-0.39, 0.29) is 12.4 Å². The Bertz CT molecular complexity index is 248. The van der Waals surface area contributed by atoms with Crippen molar-refractivity contribution in [3.63, 3.8) is 0 Å². The Balaban J connectivity index is 2.47. The van der Waals surface area contributed by atoms with Gasteiger partial charge >= 0.3 is 5.97 Å². The van der Waals surface area contributed by atoms with Gasteiger partial charge in [0, 0.05) is 6.20 Å². The van der Waals surface area contributed by atoms with Crippen molar-refractivity contribution >= 4 is 5.97 Å². The van der Waals surface area contributed by atoms with Crippen molar-refractivity contribution in [3.8, 4) is 0 Å². The van der Waals surface area contributed by atoms with Gasteiger partial charge in [-0.2, -0.15) is 0 Å². The van der Waals surface area contributed by atoms with Crippen LogP contribution in [0.2, 0.25) is 0 Å². The van der Waals surface area contributed by atoms with E-state index in [1.807, 2.05) is 0 Å². The van der Waals surface area contributed by atoms with E-state index in [9.17, 15) is 4.79 Å². The second kappa shape index (κ2) is 4.43. The maximum absolute atomic E-state index is 10.9. The molecule has 0 aliphatic heterocycles. The molecule has 0 spiro atoms. The van der Waals surface area contributed by atoms with E-state index in [0.29, 0.717) is 12.3 Å². The normalized spacial score (nSPS) is 9.42. The Labute approximate surface area is 70.6 Å². The number of esters is 1. The minimum Gasteiger partial charge on any atom is -0.466 e. The predicted octanol–water partition coefficient (Wildman–Crippen LogP) is 0.582. The van der Waals surface area contributed by atoms with Gasteiger partial charge < -0.3 is 4.74 Å². The Morgan fingerprint density at radius 1 is 1.67 bits per heavy atom. The number of carbonyl (C=O) groups is 1. The highest BCUT2D eigenvalue weighted by atomic mass is 16.5. The number of rotatable bonds is 3. The van der Waals surface area contributed by atoms with E-state index >= 15 is 0 Å². The van der Waals surface area contributed by atoms with Crippen LogP contribution in [0.3, 0.4) is 0 Å². The first kappa shape index (κ1) is 8.64. The molecule has 0 saturated carbocycles. The summed E-state index contributed by atoms with van der Waals surface area (Å²) in [5.41, 5.74) is 0.684. The van der Waals surface area contributed by atoms with Gasteiger partial charge in [-0.05, 0) is 13.0 Å². The predicted molar refractivity (Wildman–Crippen MR) is 42.4 cm³/mol. The van der Waals surface area contributed by atoms with Crippen molar-refractivity contribution in [2.45, 2.75) is 13.3 Å². The molecule has 1 aromatic rings. The van der Waals surface area contributed by atoms with Gasteiger partial charge in [-0.15, -0.1) is 0 Å². The first-order valence-corrected chi connectivity index (χ1v) is 3.73. The summed E-state index contributed by atoms with van der Waals surface area (Å²) in [7, 11) is 0. The third kappa shape index (κ3) is 2.65. The van der Waals surface area contributed by atoms with Crippen LogP contribution in [0.1, 0.15) is 12.6 Å². The molecule has 1 aromatic heterocycles. The molecule has 0 saturated heterocycles. The maximum Gasteiger partial charge on any atom is 0.311 e. The first-order valence-electron chi connectivity index (χ1n) is 3.73. The molecule has 0 N–H and O–H groups in total. The van der Waals surface area contributed by atoms with Gasteiger partial charge in [0.25, 0.3) is 0 Å². The maximum atomic E-state index is 10.9. The molecular formula is C8H10N2O2. The van der Waals surface area contributed by atoms with Crippen LogP contribution in [0.25, 0.3) is 0 Å². The van der Waals surface area contributed by atoms with E-state index < -0.39 is 0 Å². The molecule has 0 atom stereocenters. The molecule has 0 aliphatic carbocycles. The quantitative estimate of drug-likeness (QED) is 0.616. The summed E-state index contributed by atoms with van der Waals surface area (Å²) in [4.78, 5) is 18.6. The van der Waals surface area contributed by atoms with Gasteiger partial charge in [-0.1, -0.05) is 0 Å². The number of ether oxygens (including phenoxy) is 1. The molecule has 0 bridgehead atoms. The number of hydrogen-bond donors (Lipinski definition) is 0. The molecule has 0 unspecified atom stereocenters. The summed E-state index contributed by atoms with van der Waals surface area (Å²) in [5, 5.41) is 0. The molecule has 12 heavy (non-hydrogen) atoms. The molecule has 0 amide bonds. The molecule has 4 heteroatoms. The van der Waals surface area contributed by atoms with Crippen LogP contribution in [-0.2, 0) is 16.0 Å². The molecule has 0 radical (unpaired) electrons. The zero-order valence-electron chi connectivity index (χ0n) is 6.86. The minimum absolute atomic E-state index is 0.219. The standard InChI is InChI=1S/C8H10N2O2/c1-2-12-8(11)5-7-3-4-9-6-10-7/h3-4,6H,2,5H2,1H3. The van der Waals surface area contributed by atoms with Crippen LogP contribution in [0.15, 0.2) is 18.6 Å². The van der Waals surface area contributed by atoms with Crippen LogP contribution in [-0.4, -0.2) is 22.5 Å². The monoisotopic (exact) mass is 166 g/mol. The summed E-state index contributed by atoms with van der Waals surface area (Å²) in [5.74, 6) is -0.254. The van der Waals surface area contributed by atoms with E-state index in [2.05, 4.69) is 9.97 Å². The highest BCUT2D eigenvalue weighted by Crippen LogP contribution is 1.94. The lowest BCUT2D eigenvalue weighted by Crippen LogP contribution is -2.08. The highest BCUT2D eigenvalue weighted by Gasteiger charge is 2.03.